The highest BCUT2D eigenvalue weighted by Gasteiger charge is 2.25. The highest BCUT2D eigenvalue weighted by atomic mass is 35.5. The fourth-order valence-corrected chi connectivity index (χ4v) is 1.84. The van der Waals surface area contributed by atoms with E-state index >= 15 is 0 Å². The molecule has 0 amide bonds. The van der Waals surface area contributed by atoms with E-state index in [0.717, 1.165) is 6.54 Å². The zero-order chi connectivity index (χ0) is 11.5. The van der Waals surface area contributed by atoms with Crippen molar-refractivity contribution in [2.24, 2.45) is 5.92 Å². The number of aliphatic carboxylic acids is 1. The number of hydrogen-bond donors (Lipinski definition) is 2. The lowest BCUT2D eigenvalue weighted by Gasteiger charge is -2.14. The van der Waals surface area contributed by atoms with Crippen molar-refractivity contribution in [3.8, 4) is 0 Å². The summed E-state index contributed by atoms with van der Waals surface area (Å²) >= 11 is 5.85. The van der Waals surface area contributed by atoms with Crippen LogP contribution in [0.15, 0.2) is 24.3 Å². The van der Waals surface area contributed by atoms with Gasteiger partial charge in [-0.15, -0.1) is 0 Å². The Kier molecular flexibility index (Phi) is 3.46. The van der Waals surface area contributed by atoms with Gasteiger partial charge in [0, 0.05) is 5.02 Å². The minimum absolute atomic E-state index is 0.567. The van der Waals surface area contributed by atoms with Crippen LogP contribution in [0.5, 0.6) is 0 Å². The number of hydrogen-bond acceptors (Lipinski definition) is 2. The fraction of sp³-hybridized carbons (Fsp3) is 0.417. The van der Waals surface area contributed by atoms with E-state index < -0.39 is 12.0 Å². The first kappa shape index (κ1) is 11.4. The lowest BCUT2D eigenvalue weighted by molar-refractivity contribution is -0.139. The molecule has 3 nitrogen and oxygen atoms in total. The van der Waals surface area contributed by atoms with E-state index in [4.69, 9.17) is 16.7 Å². The molecule has 1 aliphatic carbocycles. The summed E-state index contributed by atoms with van der Waals surface area (Å²) in [5, 5.41) is 12.8. The van der Waals surface area contributed by atoms with Crippen molar-refractivity contribution in [2.45, 2.75) is 18.9 Å². The maximum absolute atomic E-state index is 11.1. The molecule has 1 saturated carbocycles. The first-order valence-corrected chi connectivity index (χ1v) is 5.76. The summed E-state index contributed by atoms with van der Waals surface area (Å²) in [7, 11) is 0. The minimum atomic E-state index is -0.858. The van der Waals surface area contributed by atoms with Gasteiger partial charge < -0.3 is 10.4 Å². The lowest BCUT2D eigenvalue weighted by Crippen LogP contribution is -2.30. The quantitative estimate of drug-likeness (QED) is 0.830. The van der Waals surface area contributed by atoms with Crippen LogP contribution in [-0.2, 0) is 4.79 Å². The van der Waals surface area contributed by atoms with Crippen LogP contribution in [0.4, 0.5) is 0 Å². The van der Waals surface area contributed by atoms with E-state index in [9.17, 15) is 4.79 Å². The van der Waals surface area contributed by atoms with Gasteiger partial charge in [-0.05, 0) is 43.0 Å². The normalized spacial score (nSPS) is 17.1. The third kappa shape index (κ3) is 2.97. The molecule has 0 bridgehead atoms. The van der Waals surface area contributed by atoms with Crippen molar-refractivity contribution in [3.05, 3.63) is 34.9 Å². The Morgan fingerprint density at radius 2 is 2.31 bits per heavy atom. The largest absolute Gasteiger partial charge is 0.480 e. The Bertz CT molecular complexity index is 390. The minimum Gasteiger partial charge on any atom is -0.480 e. The molecule has 1 aromatic carbocycles. The third-order valence-electron chi connectivity index (χ3n) is 2.74. The standard InChI is InChI=1S/C12H14ClNO2/c13-10-3-1-2-9(6-10)11(12(15)16)14-7-8-4-5-8/h1-3,6,8,11,14H,4-5,7H2,(H,15,16). The molecule has 2 N–H and O–H groups in total. The summed E-state index contributed by atoms with van der Waals surface area (Å²) in [4.78, 5) is 11.1. The molecule has 0 radical (unpaired) electrons. The Hall–Kier alpha value is -1.06. The topological polar surface area (TPSA) is 49.3 Å². The van der Waals surface area contributed by atoms with Gasteiger partial charge in [0.25, 0.3) is 0 Å². The van der Waals surface area contributed by atoms with E-state index in [1.807, 2.05) is 0 Å². The summed E-state index contributed by atoms with van der Waals surface area (Å²) < 4.78 is 0. The molecule has 1 aliphatic rings. The van der Waals surface area contributed by atoms with E-state index in [-0.39, 0.29) is 0 Å². The number of benzene rings is 1. The van der Waals surface area contributed by atoms with Gasteiger partial charge in [-0.1, -0.05) is 23.7 Å². The first-order valence-electron chi connectivity index (χ1n) is 5.38. The second kappa shape index (κ2) is 4.85. The van der Waals surface area contributed by atoms with Crippen molar-refractivity contribution in [1.82, 2.24) is 5.32 Å². The van der Waals surface area contributed by atoms with Crippen molar-refractivity contribution in [1.29, 1.82) is 0 Å². The van der Waals surface area contributed by atoms with Crippen molar-refractivity contribution >= 4 is 17.6 Å². The zero-order valence-corrected chi connectivity index (χ0v) is 9.57. The van der Waals surface area contributed by atoms with Gasteiger partial charge in [0.1, 0.15) is 6.04 Å². The second-order valence-corrected chi connectivity index (χ2v) is 4.61. The molecule has 16 heavy (non-hydrogen) atoms. The van der Waals surface area contributed by atoms with Gasteiger partial charge in [-0.25, -0.2) is 0 Å². The Balaban J connectivity index is 2.07. The highest BCUT2D eigenvalue weighted by molar-refractivity contribution is 6.30. The SMILES string of the molecule is O=C(O)C(NCC1CC1)c1cccc(Cl)c1. The molecular formula is C12H14ClNO2. The fourth-order valence-electron chi connectivity index (χ4n) is 1.64. The molecule has 0 saturated heterocycles. The third-order valence-corrected chi connectivity index (χ3v) is 2.97. The molecule has 1 unspecified atom stereocenters. The van der Waals surface area contributed by atoms with Crippen LogP contribution in [0.1, 0.15) is 24.4 Å². The summed E-state index contributed by atoms with van der Waals surface area (Å²) in [5.74, 6) is -0.205. The summed E-state index contributed by atoms with van der Waals surface area (Å²) in [6.45, 7) is 0.767. The Labute approximate surface area is 99.4 Å². The monoisotopic (exact) mass is 239 g/mol. The number of nitrogens with one attached hydrogen (secondary N) is 1. The van der Waals surface area contributed by atoms with Crippen molar-refractivity contribution in [3.63, 3.8) is 0 Å². The molecule has 2 rings (SSSR count). The summed E-state index contributed by atoms with van der Waals surface area (Å²) in [6, 6.07) is 6.33. The van der Waals surface area contributed by atoms with Crippen LogP contribution in [0.2, 0.25) is 5.02 Å². The average Bonchev–Trinajstić information content (AvgIpc) is 3.01. The van der Waals surface area contributed by atoms with Gasteiger partial charge in [0.05, 0.1) is 0 Å². The molecule has 0 aliphatic heterocycles. The number of carbonyl (C=O) groups is 1. The molecule has 0 heterocycles. The maximum Gasteiger partial charge on any atom is 0.325 e. The van der Waals surface area contributed by atoms with Crippen LogP contribution < -0.4 is 5.32 Å². The van der Waals surface area contributed by atoms with Gasteiger partial charge in [0.2, 0.25) is 0 Å². The number of halogens is 1. The zero-order valence-electron chi connectivity index (χ0n) is 8.82. The van der Waals surface area contributed by atoms with E-state index in [2.05, 4.69) is 5.32 Å². The van der Waals surface area contributed by atoms with E-state index in [1.54, 1.807) is 24.3 Å². The van der Waals surface area contributed by atoms with Crippen LogP contribution in [0.3, 0.4) is 0 Å². The van der Waals surface area contributed by atoms with Gasteiger partial charge in [-0.3, -0.25) is 4.79 Å². The molecule has 1 aromatic rings. The van der Waals surface area contributed by atoms with Crippen molar-refractivity contribution < 1.29 is 9.90 Å². The molecular weight excluding hydrogens is 226 g/mol. The summed E-state index contributed by atoms with van der Waals surface area (Å²) in [6.07, 6.45) is 2.41. The maximum atomic E-state index is 11.1. The van der Waals surface area contributed by atoms with E-state index in [0.29, 0.717) is 16.5 Å². The Morgan fingerprint density at radius 3 is 2.88 bits per heavy atom. The first-order chi connectivity index (χ1) is 7.66. The molecule has 4 heteroatoms. The van der Waals surface area contributed by atoms with Gasteiger partial charge in [0.15, 0.2) is 0 Å². The van der Waals surface area contributed by atoms with Gasteiger partial charge >= 0.3 is 5.97 Å². The lowest BCUT2D eigenvalue weighted by atomic mass is 10.1. The van der Waals surface area contributed by atoms with Crippen LogP contribution >= 0.6 is 11.6 Å². The Morgan fingerprint density at radius 1 is 1.56 bits per heavy atom. The highest BCUT2D eigenvalue weighted by Crippen LogP contribution is 2.28. The summed E-state index contributed by atoms with van der Waals surface area (Å²) in [5.41, 5.74) is 0.709. The van der Waals surface area contributed by atoms with Crippen LogP contribution in [0, 0.1) is 5.92 Å². The molecule has 0 spiro atoms. The number of carboxylic acid groups (broad SMARTS) is 1. The second-order valence-electron chi connectivity index (χ2n) is 4.18. The predicted molar refractivity (Wildman–Crippen MR) is 62.6 cm³/mol. The number of rotatable bonds is 5. The smallest absolute Gasteiger partial charge is 0.325 e. The van der Waals surface area contributed by atoms with Crippen LogP contribution in [0.25, 0.3) is 0 Å². The molecule has 1 fully saturated rings. The molecule has 1 atom stereocenters. The van der Waals surface area contributed by atoms with Crippen molar-refractivity contribution in [2.75, 3.05) is 6.54 Å². The average molecular weight is 240 g/mol. The number of carboxylic acids is 1. The molecule has 86 valence electrons. The van der Waals surface area contributed by atoms with Gasteiger partial charge in [-0.2, -0.15) is 0 Å². The molecule has 0 aromatic heterocycles. The van der Waals surface area contributed by atoms with E-state index in [1.165, 1.54) is 12.8 Å². The van der Waals surface area contributed by atoms with Crippen LogP contribution in [-0.4, -0.2) is 17.6 Å². The predicted octanol–water partition coefficient (Wildman–Crippen LogP) is 2.47.